The summed E-state index contributed by atoms with van der Waals surface area (Å²) >= 11 is 0. The molecule has 2 bridgehead atoms. The molecule has 33 heavy (non-hydrogen) atoms. The van der Waals surface area contributed by atoms with Crippen LogP contribution in [0, 0.1) is 11.8 Å². The molecule has 1 aromatic heterocycles. The lowest BCUT2D eigenvalue weighted by Crippen LogP contribution is -2.52. The van der Waals surface area contributed by atoms with Crippen molar-refractivity contribution in [2.24, 2.45) is 17.6 Å². The molecule has 3 amide bonds. The Morgan fingerprint density at radius 3 is 2.67 bits per heavy atom. The molecular weight excluding hydrogens is 420 g/mol. The Morgan fingerprint density at radius 1 is 1.21 bits per heavy atom. The zero-order valence-electron chi connectivity index (χ0n) is 19.5. The van der Waals surface area contributed by atoms with E-state index in [-0.39, 0.29) is 18.2 Å². The lowest BCUT2D eigenvalue weighted by Gasteiger charge is -2.25. The summed E-state index contributed by atoms with van der Waals surface area (Å²) in [6, 6.07) is 7.24. The van der Waals surface area contributed by atoms with Crippen LogP contribution >= 0.6 is 0 Å². The van der Waals surface area contributed by atoms with Crippen molar-refractivity contribution in [2.45, 2.75) is 71.1 Å². The van der Waals surface area contributed by atoms with Crippen molar-refractivity contribution in [2.75, 3.05) is 6.54 Å². The number of nitrogens with one attached hydrogen (secondary N) is 2. The molecule has 8 nitrogen and oxygen atoms in total. The van der Waals surface area contributed by atoms with E-state index < -0.39 is 29.9 Å². The molecule has 5 N–H and O–H groups in total. The van der Waals surface area contributed by atoms with Gasteiger partial charge in [0, 0.05) is 36.6 Å². The molecule has 1 aliphatic heterocycles. The van der Waals surface area contributed by atoms with Crippen molar-refractivity contribution >= 4 is 28.6 Å². The number of fused-ring (bicyclic) bond motifs is 5. The molecular formula is C25H36N4O4. The number of aliphatic hydroxyl groups is 1. The Kier molecular flexibility index (Phi) is 8.49. The summed E-state index contributed by atoms with van der Waals surface area (Å²) < 4.78 is 2.22. The van der Waals surface area contributed by atoms with Gasteiger partial charge in [-0.25, -0.2) is 0 Å². The number of aliphatic hydroxyl groups excluding tert-OH is 1. The van der Waals surface area contributed by atoms with Crippen molar-refractivity contribution < 1.29 is 19.5 Å². The minimum atomic E-state index is -1.60. The van der Waals surface area contributed by atoms with Crippen molar-refractivity contribution in [3.05, 3.63) is 36.0 Å². The van der Waals surface area contributed by atoms with Gasteiger partial charge in [0.25, 0.3) is 0 Å². The number of amides is 3. The maximum absolute atomic E-state index is 13.1. The van der Waals surface area contributed by atoms with E-state index in [1.165, 1.54) is 0 Å². The fourth-order valence-electron chi connectivity index (χ4n) is 4.56. The summed E-state index contributed by atoms with van der Waals surface area (Å²) in [6.07, 6.45) is 5.10. The summed E-state index contributed by atoms with van der Waals surface area (Å²) in [5.74, 6) is -2.71. The zero-order chi connectivity index (χ0) is 24.0. The highest BCUT2D eigenvalue weighted by atomic mass is 16.3. The van der Waals surface area contributed by atoms with Gasteiger partial charge in [0.05, 0.1) is 5.92 Å². The highest BCUT2D eigenvalue weighted by molar-refractivity contribution is 5.93. The SMILES string of the molecule is CC(C)C[C@@H](C(=O)N[C@H]1Cc2cn(c3ccccc23)CCCCCCNC1=O)C(O)C(N)=O. The maximum atomic E-state index is 13.1. The molecule has 0 radical (unpaired) electrons. The van der Waals surface area contributed by atoms with Gasteiger partial charge in [0.15, 0.2) is 0 Å². The second-order valence-corrected chi connectivity index (χ2v) is 9.42. The predicted molar refractivity (Wildman–Crippen MR) is 127 cm³/mol. The topological polar surface area (TPSA) is 126 Å². The number of benzene rings is 1. The molecule has 3 atom stereocenters. The molecule has 2 aromatic rings. The largest absolute Gasteiger partial charge is 0.382 e. The molecule has 0 fully saturated rings. The Balaban J connectivity index is 1.91. The van der Waals surface area contributed by atoms with E-state index in [0.717, 1.165) is 48.7 Å². The van der Waals surface area contributed by atoms with E-state index >= 15 is 0 Å². The van der Waals surface area contributed by atoms with Gasteiger partial charge < -0.3 is 26.0 Å². The number of primary amides is 1. The summed E-state index contributed by atoms with van der Waals surface area (Å²) in [5, 5.41) is 17.1. The summed E-state index contributed by atoms with van der Waals surface area (Å²) in [6.45, 7) is 5.24. The summed E-state index contributed by atoms with van der Waals surface area (Å²) in [4.78, 5) is 37.8. The first kappa shape index (κ1) is 24.8. The molecule has 0 aliphatic carbocycles. The molecule has 0 saturated carbocycles. The van der Waals surface area contributed by atoms with Gasteiger partial charge in [-0.2, -0.15) is 0 Å². The van der Waals surface area contributed by atoms with Crippen LogP contribution in [-0.4, -0.2) is 46.1 Å². The molecule has 0 spiro atoms. The number of rotatable bonds is 6. The zero-order valence-corrected chi connectivity index (χ0v) is 19.5. The van der Waals surface area contributed by atoms with Gasteiger partial charge in [-0.1, -0.05) is 44.9 Å². The van der Waals surface area contributed by atoms with Gasteiger partial charge in [0.1, 0.15) is 12.1 Å². The number of carbonyl (C=O) groups excluding carboxylic acids is 3. The van der Waals surface area contributed by atoms with E-state index in [9.17, 15) is 19.5 Å². The fourth-order valence-corrected chi connectivity index (χ4v) is 4.56. The number of para-hydroxylation sites is 1. The average Bonchev–Trinajstić information content (AvgIpc) is 3.13. The molecule has 3 rings (SSSR count). The first-order valence-corrected chi connectivity index (χ1v) is 11.9. The van der Waals surface area contributed by atoms with Crippen LogP contribution in [0.2, 0.25) is 0 Å². The third-order valence-corrected chi connectivity index (χ3v) is 6.29. The molecule has 1 unspecified atom stereocenters. The highest BCUT2D eigenvalue weighted by Crippen LogP contribution is 2.24. The minimum absolute atomic E-state index is 0.0570. The number of hydrogen-bond donors (Lipinski definition) is 4. The van der Waals surface area contributed by atoms with Gasteiger partial charge in [0.2, 0.25) is 17.7 Å². The molecule has 180 valence electrons. The highest BCUT2D eigenvalue weighted by Gasteiger charge is 2.34. The number of carbonyl (C=O) groups is 3. The number of aromatic nitrogens is 1. The minimum Gasteiger partial charge on any atom is -0.382 e. The summed E-state index contributed by atoms with van der Waals surface area (Å²) in [5.41, 5.74) is 7.36. The number of nitrogens with two attached hydrogens (primary N) is 1. The third-order valence-electron chi connectivity index (χ3n) is 6.29. The van der Waals surface area contributed by atoms with Crippen LogP contribution in [0.4, 0.5) is 0 Å². The van der Waals surface area contributed by atoms with Crippen molar-refractivity contribution in [1.82, 2.24) is 15.2 Å². The second-order valence-electron chi connectivity index (χ2n) is 9.42. The first-order valence-electron chi connectivity index (χ1n) is 11.9. The van der Waals surface area contributed by atoms with Crippen LogP contribution in [0.25, 0.3) is 10.9 Å². The van der Waals surface area contributed by atoms with Crippen LogP contribution in [0.1, 0.15) is 51.5 Å². The summed E-state index contributed by atoms with van der Waals surface area (Å²) in [7, 11) is 0. The molecule has 2 heterocycles. The normalized spacial score (nSPS) is 19.6. The van der Waals surface area contributed by atoms with Crippen LogP contribution in [0.15, 0.2) is 30.5 Å². The molecule has 1 aromatic carbocycles. The number of aryl methyl sites for hydroxylation is 1. The Bertz CT molecular complexity index is 984. The standard InChI is InChI=1S/C25H36N4O4/c1-16(2)13-19(22(30)23(26)31)24(32)28-20-14-17-15-29(21-10-6-5-9-18(17)21)12-8-4-3-7-11-27-25(20)33/h5-6,9-10,15-16,19-20,22,30H,3-4,7-8,11-14H2,1-2H3,(H2,26,31)(H,27,33)(H,28,32)/t19-,20+,22?/m1/s1. The van der Waals surface area contributed by atoms with Crippen molar-refractivity contribution in [1.29, 1.82) is 0 Å². The van der Waals surface area contributed by atoms with Crippen LogP contribution in [-0.2, 0) is 27.3 Å². The average molecular weight is 457 g/mol. The fraction of sp³-hybridized carbons (Fsp3) is 0.560. The monoisotopic (exact) mass is 456 g/mol. The number of nitrogens with zero attached hydrogens (tertiary/aromatic N) is 1. The van der Waals surface area contributed by atoms with E-state index in [1.54, 1.807) is 0 Å². The van der Waals surface area contributed by atoms with Crippen LogP contribution in [0.5, 0.6) is 0 Å². The number of hydrogen-bond acceptors (Lipinski definition) is 4. The molecule has 1 aliphatic rings. The Hall–Kier alpha value is -2.87. The van der Waals surface area contributed by atoms with Gasteiger partial charge in [-0.15, -0.1) is 0 Å². The smallest absolute Gasteiger partial charge is 0.247 e. The quantitative estimate of drug-likeness (QED) is 0.529. The van der Waals surface area contributed by atoms with E-state index in [0.29, 0.717) is 13.0 Å². The van der Waals surface area contributed by atoms with Crippen LogP contribution in [0.3, 0.4) is 0 Å². The maximum Gasteiger partial charge on any atom is 0.247 e. The van der Waals surface area contributed by atoms with Gasteiger partial charge in [-0.05, 0) is 36.8 Å². The first-order chi connectivity index (χ1) is 15.8. The lowest BCUT2D eigenvalue weighted by molar-refractivity contribution is -0.140. The molecule has 8 heteroatoms. The third kappa shape index (κ3) is 6.35. The van der Waals surface area contributed by atoms with E-state index in [2.05, 4.69) is 27.5 Å². The molecule has 0 saturated heterocycles. The Labute approximate surface area is 194 Å². The van der Waals surface area contributed by atoms with E-state index in [4.69, 9.17) is 5.73 Å². The second kappa shape index (κ2) is 11.3. The van der Waals surface area contributed by atoms with Gasteiger partial charge in [-0.3, -0.25) is 14.4 Å². The van der Waals surface area contributed by atoms with Gasteiger partial charge >= 0.3 is 0 Å². The van der Waals surface area contributed by atoms with E-state index in [1.807, 2.05) is 32.0 Å². The van der Waals surface area contributed by atoms with Crippen LogP contribution < -0.4 is 16.4 Å². The predicted octanol–water partition coefficient (Wildman–Crippen LogP) is 1.87. The van der Waals surface area contributed by atoms with Crippen molar-refractivity contribution in [3.63, 3.8) is 0 Å². The van der Waals surface area contributed by atoms with Crippen molar-refractivity contribution in [3.8, 4) is 0 Å². The Morgan fingerprint density at radius 2 is 1.94 bits per heavy atom. The lowest BCUT2D eigenvalue weighted by atomic mass is 9.90.